The van der Waals surface area contributed by atoms with E-state index in [9.17, 15) is 0 Å². The molecule has 0 N–H and O–H groups in total. The Labute approximate surface area is 127 Å². The molecule has 2 nitrogen and oxygen atoms in total. The lowest BCUT2D eigenvalue weighted by atomic mass is 10.0. The van der Waals surface area contributed by atoms with Crippen molar-refractivity contribution in [1.82, 2.24) is 9.97 Å². The predicted octanol–water partition coefficient (Wildman–Crippen LogP) is 4.66. The van der Waals surface area contributed by atoms with Gasteiger partial charge in [-0.3, -0.25) is 0 Å². The van der Waals surface area contributed by atoms with E-state index < -0.39 is 0 Å². The summed E-state index contributed by atoms with van der Waals surface area (Å²) in [4.78, 5) is 8.91. The molecule has 0 spiro atoms. The minimum Gasteiger partial charge on any atom is -0.236 e. The van der Waals surface area contributed by atoms with Crippen LogP contribution in [0.25, 0.3) is 0 Å². The van der Waals surface area contributed by atoms with Gasteiger partial charge in [0.15, 0.2) is 0 Å². The molecule has 0 unspecified atom stereocenters. The van der Waals surface area contributed by atoms with Crippen LogP contribution in [-0.2, 0) is 12.8 Å². The van der Waals surface area contributed by atoms with E-state index in [1.807, 2.05) is 0 Å². The van der Waals surface area contributed by atoms with Crippen LogP contribution in [0.5, 0.6) is 0 Å². The molecule has 4 heteroatoms. The molecule has 0 saturated heterocycles. The van der Waals surface area contributed by atoms with E-state index in [4.69, 9.17) is 11.6 Å². The number of nitrogens with zero attached hydrogens (tertiary/aromatic N) is 2. The van der Waals surface area contributed by atoms with Crippen LogP contribution >= 0.6 is 27.5 Å². The van der Waals surface area contributed by atoms with E-state index in [0.717, 1.165) is 22.4 Å². The monoisotopic (exact) mass is 338 g/mol. The fourth-order valence-corrected chi connectivity index (χ4v) is 2.84. The van der Waals surface area contributed by atoms with E-state index in [0.29, 0.717) is 11.6 Å². The van der Waals surface area contributed by atoms with Crippen LogP contribution in [0.2, 0.25) is 5.15 Å². The van der Waals surface area contributed by atoms with Crippen molar-refractivity contribution in [2.45, 2.75) is 33.6 Å². The molecule has 0 atom stereocenters. The zero-order chi connectivity index (χ0) is 14.0. The average molecular weight is 340 g/mol. The quantitative estimate of drug-likeness (QED) is 0.760. The SMILES string of the molecule is CCc1nc(Cc2cc(C)cc(C)c2)nc(Cl)c1Br. The van der Waals surface area contributed by atoms with Crippen LogP contribution in [0.4, 0.5) is 0 Å². The van der Waals surface area contributed by atoms with Gasteiger partial charge in [-0.2, -0.15) is 0 Å². The highest BCUT2D eigenvalue weighted by molar-refractivity contribution is 9.10. The Kier molecular flexibility index (Phi) is 4.58. The summed E-state index contributed by atoms with van der Waals surface area (Å²) >= 11 is 9.55. The first-order valence-electron chi connectivity index (χ1n) is 6.27. The predicted molar refractivity (Wildman–Crippen MR) is 82.8 cm³/mol. The van der Waals surface area contributed by atoms with Gasteiger partial charge in [0.2, 0.25) is 0 Å². The summed E-state index contributed by atoms with van der Waals surface area (Å²) < 4.78 is 0.806. The lowest BCUT2D eigenvalue weighted by Crippen LogP contribution is -2.02. The summed E-state index contributed by atoms with van der Waals surface area (Å²) in [5.41, 5.74) is 4.69. The van der Waals surface area contributed by atoms with Gasteiger partial charge in [0, 0.05) is 6.42 Å². The Bertz CT molecular complexity index is 591. The lowest BCUT2D eigenvalue weighted by Gasteiger charge is -2.08. The van der Waals surface area contributed by atoms with Gasteiger partial charge in [0.1, 0.15) is 11.0 Å². The zero-order valence-corrected chi connectivity index (χ0v) is 13.6. The van der Waals surface area contributed by atoms with Crippen molar-refractivity contribution in [2.75, 3.05) is 0 Å². The molecule has 100 valence electrons. The van der Waals surface area contributed by atoms with E-state index in [1.54, 1.807) is 0 Å². The van der Waals surface area contributed by atoms with Crippen LogP contribution in [0, 0.1) is 13.8 Å². The van der Waals surface area contributed by atoms with Crippen molar-refractivity contribution in [1.29, 1.82) is 0 Å². The normalized spacial score (nSPS) is 10.8. The minimum absolute atomic E-state index is 0.492. The molecule has 2 aromatic rings. The summed E-state index contributed by atoms with van der Waals surface area (Å²) in [5, 5.41) is 0.492. The summed E-state index contributed by atoms with van der Waals surface area (Å²) in [6, 6.07) is 6.49. The van der Waals surface area contributed by atoms with Crippen LogP contribution in [0.1, 0.15) is 35.1 Å². The van der Waals surface area contributed by atoms with Gasteiger partial charge < -0.3 is 0 Å². The standard InChI is InChI=1S/C15H16BrClN2/c1-4-12-14(16)15(17)19-13(18-12)8-11-6-9(2)5-10(3)7-11/h5-7H,4,8H2,1-3H3. The molecule has 1 heterocycles. The molecular weight excluding hydrogens is 324 g/mol. The summed E-state index contributed by atoms with van der Waals surface area (Å²) in [6.07, 6.45) is 1.55. The maximum absolute atomic E-state index is 6.13. The maximum Gasteiger partial charge on any atom is 0.147 e. The molecule has 0 amide bonds. The smallest absolute Gasteiger partial charge is 0.147 e. The summed E-state index contributed by atoms with van der Waals surface area (Å²) in [5.74, 6) is 0.773. The molecule has 0 radical (unpaired) electrons. The minimum atomic E-state index is 0.492. The molecule has 0 saturated carbocycles. The third-order valence-corrected chi connectivity index (χ3v) is 4.24. The molecule has 19 heavy (non-hydrogen) atoms. The highest BCUT2D eigenvalue weighted by Crippen LogP contribution is 2.24. The van der Waals surface area contributed by atoms with Crippen molar-refractivity contribution in [3.63, 3.8) is 0 Å². The number of halogens is 2. The third kappa shape index (κ3) is 3.54. The number of rotatable bonds is 3. The Morgan fingerprint density at radius 3 is 2.32 bits per heavy atom. The molecule has 0 aliphatic rings. The first-order valence-corrected chi connectivity index (χ1v) is 7.44. The van der Waals surface area contributed by atoms with Gasteiger partial charge in [-0.15, -0.1) is 0 Å². The molecule has 0 aliphatic heterocycles. The van der Waals surface area contributed by atoms with Crippen molar-refractivity contribution in [3.8, 4) is 0 Å². The van der Waals surface area contributed by atoms with Crippen LogP contribution < -0.4 is 0 Å². The fourth-order valence-electron chi connectivity index (χ4n) is 2.18. The first-order chi connectivity index (χ1) is 8.99. The Hall–Kier alpha value is -0.930. The Morgan fingerprint density at radius 2 is 1.74 bits per heavy atom. The van der Waals surface area contributed by atoms with Crippen LogP contribution in [0.3, 0.4) is 0 Å². The highest BCUT2D eigenvalue weighted by atomic mass is 79.9. The van der Waals surface area contributed by atoms with Gasteiger partial charge in [0.05, 0.1) is 10.2 Å². The molecule has 1 aromatic heterocycles. The number of aryl methyl sites for hydroxylation is 3. The van der Waals surface area contributed by atoms with Gasteiger partial charge >= 0.3 is 0 Å². The van der Waals surface area contributed by atoms with Crippen molar-refractivity contribution >= 4 is 27.5 Å². The second-order valence-electron chi connectivity index (χ2n) is 4.72. The van der Waals surface area contributed by atoms with Gasteiger partial charge in [-0.1, -0.05) is 47.9 Å². The number of hydrogen-bond acceptors (Lipinski definition) is 2. The van der Waals surface area contributed by atoms with Gasteiger partial charge in [0.25, 0.3) is 0 Å². The first kappa shape index (κ1) is 14.5. The van der Waals surface area contributed by atoms with Crippen molar-refractivity contribution in [2.24, 2.45) is 0 Å². The van der Waals surface area contributed by atoms with Crippen LogP contribution in [0.15, 0.2) is 22.7 Å². The highest BCUT2D eigenvalue weighted by Gasteiger charge is 2.10. The van der Waals surface area contributed by atoms with E-state index in [2.05, 4.69) is 64.9 Å². The van der Waals surface area contributed by atoms with Crippen molar-refractivity contribution < 1.29 is 0 Å². The number of aromatic nitrogens is 2. The molecule has 0 bridgehead atoms. The molecule has 0 aliphatic carbocycles. The summed E-state index contributed by atoms with van der Waals surface area (Å²) in [7, 11) is 0. The lowest BCUT2D eigenvalue weighted by molar-refractivity contribution is 0.895. The summed E-state index contributed by atoms with van der Waals surface area (Å²) in [6.45, 7) is 6.26. The van der Waals surface area contributed by atoms with E-state index in [-0.39, 0.29) is 0 Å². The largest absolute Gasteiger partial charge is 0.236 e. The fraction of sp³-hybridized carbons (Fsp3) is 0.333. The molecular formula is C15H16BrClN2. The van der Waals surface area contributed by atoms with Gasteiger partial charge in [-0.25, -0.2) is 9.97 Å². The topological polar surface area (TPSA) is 25.8 Å². The Balaban J connectivity index is 2.35. The van der Waals surface area contributed by atoms with Crippen LogP contribution in [-0.4, -0.2) is 9.97 Å². The second-order valence-corrected chi connectivity index (χ2v) is 5.87. The molecule has 0 fully saturated rings. The zero-order valence-electron chi connectivity index (χ0n) is 11.3. The number of hydrogen-bond donors (Lipinski definition) is 0. The average Bonchev–Trinajstić information content (AvgIpc) is 2.32. The second kappa shape index (κ2) is 6.02. The van der Waals surface area contributed by atoms with E-state index >= 15 is 0 Å². The molecule has 1 aromatic carbocycles. The van der Waals surface area contributed by atoms with E-state index in [1.165, 1.54) is 16.7 Å². The maximum atomic E-state index is 6.13. The third-order valence-electron chi connectivity index (χ3n) is 2.90. The van der Waals surface area contributed by atoms with Gasteiger partial charge in [-0.05, 0) is 41.8 Å². The van der Waals surface area contributed by atoms with Crippen molar-refractivity contribution in [3.05, 3.63) is 56.0 Å². The Morgan fingerprint density at radius 1 is 1.11 bits per heavy atom. The molecule has 2 rings (SSSR count). The number of benzene rings is 1.